The van der Waals surface area contributed by atoms with Gasteiger partial charge in [0.2, 0.25) is 0 Å². The zero-order valence-corrected chi connectivity index (χ0v) is 10.5. The average molecular weight is 298 g/mol. The zero-order chi connectivity index (χ0) is 12.3. The maximum absolute atomic E-state index is 13.2. The third-order valence-electron chi connectivity index (χ3n) is 2.32. The van der Waals surface area contributed by atoms with E-state index in [4.69, 9.17) is 0 Å². The Labute approximate surface area is 107 Å². The molecule has 0 saturated carbocycles. The van der Waals surface area contributed by atoms with E-state index in [0.29, 0.717) is 11.0 Å². The topological polar surface area (TPSA) is 12.0 Å². The van der Waals surface area contributed by atoms with E-state index in [9.17, 15) is 8.78 Å². The maximum Gasteiger partial charge on any atom is 0.137 e. The molecule has 0 atom stereocenters. The van der Waals surface area contributed by atoms with Crippen molar-refractivity contribution < 1.29 is 8.78 Å². The number of benzene rings is 2. The number of nitrogens with one attached hydrogen (secondary N) is 1. The number of rotatable bonds is 3. The minimum atomic E-state index is -0.289. The molecular weight excluding hydrogens is 288 g/mol. The number of anilines is 1. The lowest BCUT2D eigenvalue weighted by Crippen LogP contribution is -1.99. The summed E-state index contributed by atoms with van der Waals surface area (Å²) in [6.07, 6.45) is 0. The molecule has 0 unspecified atom stereocenters. The van der Waals surface area contributed by atoms with Crippen molar-refractivity contribution in [3.05, 3.63) is 64.1 Å². The maximum atomic E-state index is 13.2. The molecule has 2 rings (SSSR count). The lowest BCUT2D eigenvalue weighted by Gasteiger charge is -2.07. The average Bonchev–Trinajstić information content (AvgIpc) is 2.33. The van der Waals surface area contributed by atoms with Crippen LogP contribution in [0.1, 0.15) is 5.56 Å². The van der Waals surface area contributed by atoms with Crippen LogP contribution in [-0.4, -0.2) is 0 Å². The minimum Gasteiger partial charge on any atom is -0.381 e. The molecule has 0 aliphatic carbocycles. The van der Waals surface area contributed by atoms with E-state index in [1.54, 1.807) is 18.2 Å². The second kappa shape index (κ2) is 5.27. The van der Waals surface area contributed by atoms with Crippen LogP contribution >= 0.6 is 15.9 Å². The largest absolute Gasteiger partial charge is 0.381 e. The molecule has 88 valence electrons. The smallest absolute Gasteiger partial charge is 0.137 e. The first kappa shape index (κ1) is 12.0. The highest BCUT2D eigenvalue weighted by atomic mass is 79.9. The first-order valence-corrected chi connectivity index (χ1v) is 5.88. The summed E-state index contributed by atoms with van der Waals surface area (Å²) in [5, 5.41) is 3.09. The zero-order valence-electron chi connectivity index (χ0n) is 8.88. The molecule has 0 radical (unpaired) electrons. The van der Waals surface area contributed by atoms with Gasteiger partial charge in [0.15, 0.2) is 0 Å². The van der Waals surface area contributed by atoms with E-state index >= 15 is 0 Å². The molecule has 0 aliphatic heterocycles. The molecule has 0 spiro atoms. The van der Waals surface area contributed by atoms with Crippen LogP contribution in [0.4, 0.5) is 14.5 Å². The van der Waals surface area contributed by atoms with Crippen molar-refractivity contribution >= 4 is 21.6 Å². The van der Waals surface area contributed by atoms with Crippen LogP contribution < -0.4 is 5.32 Å². The third-order valence-corrected chi connectivity index (χ3v) is 2.97. The van der Waals surface area contributed by atoms with Crippen molar-refractivity contribution in [1.29, 1.82) is 0 Å². The molecule has 0 heterocycles. The van der Waals surface area contributed by atoms with Gasteiger partial charge in [-0.05, 0) is 57.9 Å². The molecule has 1 N–H and O–H groups in total. The summed E-state index contributed by atoms with van der Waals surface area (Å²) >= 11 is 3.10. The highest BCUT2D eigenvalue weighted by molar-refractivity contribution is 9.10. The summed E-state index contributed by atoms with van der Waals surface area (Å²) in [5.41, 5.74) is 1.63. The van der Waals surface area contributed by atoms with Gasteiger partial charge in [-0.3, -0.25) is 0 Å². The van der Waals surface area contributed by atoms with Crippen molar-refractivity contribution in [2.75, 3.05) is 5.32 Å². The Balaban J connectivity index is 2.02. The Morgan fingerprint density at radius 2 is 1.71 bits per heavy atom. The quantitative estimate of drug-likeness (QED) is 0.889. The van der Waals surface area contributed by atoms with E-state index in [1.807, 2.05) is 6.07 Å². The molecule has 0 bridgehead atoms. The van der Waals surface area contributed by atoms with Gasteiger partial charge in [0.25, 0.3) is 0 Å². The second-order valence-corrected chi connectivity index (χ2v) is 4.46. The monoisotopic (exact) mass is 297 g/mol. The normalized spacial score (nSPS) is 10.3. The summed E-state index contributed by atoms with van der Waals surface area (Å²) in [5.74, 6) is -0.561. The first-order valence-electron chi connectivity index (χ1n) is 5.08. The number of hydrogen-bond donors (Lipinski definition) is 1. The van der Waals surface area contributed by atoms with Gasteiger partial charge in [-0.1, -0.05) is 6.07 Å². The Hall–Kier alpha value is -1.42. The van der Waals surface area contributed by atoms with Crippen LogP contribution in [0.25, 0.3) is 0 Å². The van der Waals surface area contributed by atoms with Gasteiger partial charge in [0.1, 0.15) is 11.6 Å². The fourth-order valence-electron chi connectivity index (χ4n) is 1.42. The fraction of sp³-hybridized carbons (Fsp3) is 0.0769. The molecule has 0 saturated heterocycles. The highest BCUT2D eigenvalue weighted by Crippen LogP contribution is 2.17. The Morgan fingerprint density at radius 3 is 2.35 bits per heavy atom. The summed E-state index contributed by atoms with van der Waals surface area (Å²) in [4.78, 5) is 0. The molecule has 4 heteroatoms. The van der Waals surface area contributed by atoms with Gasteiger partial charge in [-0.2, -0.15) is 0 Å². The molecule has 0 aromatic heterocycles. The highest BCUT2D eigenvalue weighted by Gasteiger charge is 2.00. The molecule has 2 aromatic carbocycles. The minimum absolute atomic E-state index is 0.273. The predicted octanol–water partition coefficient (Wildman–Crippen LogP) is 4.34. The van der Waals surface area contributed by atoms with E-state index in [0.717, 1.165) is 11.3 Å². The number of hydrogen-bond acceptors (Lipinski definition) is 1. The van der Waals surface area contributed by atoms with Crippen molar-refractivity contribution in [3.8, 4) is 0 Å². The second-order valence-electron chi connectivity index (χ2n) is 3.61. The van der Waals surface area contributed by atoms with Crippen LogP contribution in [-0.2, 0) is 6.54 Å². The summed E-state index contributed by atoms with van der Waals surface area (Å²) < 4.78 is 26.3. The molecule has 0 aliphatic rings. The third kappa shape index (κ3) is 3.27. The van der Waals surface area contributed by atoms with Crippen LogP contribution in [0.2, 0.25) is 0 Å². The van der Waals surface area contributed by atoms with E-state index in [2.05, 4.69) is 21.2 Å². The standard InChI is InChI=1S/C13H10BrF2N/c14-12-6-1-9(7-13(12)16)8-17-11-4-2-10(15)3-5-11/h1-7,17H,8H2. The molecule has 1 nitrogen and oxygen atoms in total. The van der Waals surface area contributed by atoms with Crippen molar-refractivity contribution in [2.45, 2.75) is 6.54 Å². The van der Waals surface area contributed by atoms with Crippen LogP contribution in [0.15, 0.2) is 46.9 Å². The van der Waals surface area contributed by atoms with Crippen molar-refractivity contribution in [3.63, 3.8) is 0 Å². The molecule has 2 aromatic rings. The van der Waals surface area contributed by atoms with Crippen LogP contribution in [0, 0.1) is 11.6 Å². The van der Waals surface area contributed by atoms with Gasteiger partial charge in [0.05, 0.1) is 4.47 Å². The Bertz CT molecular complexity index is 511. The van der Waals surface area contributed by atoms with Crippen molar-refractivity contribution in [1.82, 2.24) is 0 Å². The van der Waals surface area contributed by atoms with E-state index < -0.39 is 0 Å². The van der Waals surface area contributed by atoms with Crippen LogP contribution in [0.5, 0.6) is 0 Å². The SMILES string of the molecule is Fc1ccc(NCc2ccc(Br)c(F)c2)cc1. The van der Waals surface area contributed by atoms with Crippen LogP contribution in [0.3, 0.4) is 0 Å². The predicted molar refractivity (Wildman–Crippen MR) is 67.8 cm³/mol. The van der Waals surface area contributed by atoms with E-state index in [1.165, 1.54) is 18.2 Å². The van der Waals surface area contributed by atoms with Gasteiger partial charge < -0.3 is 5.32 Å². The Kier molecular flexibility index (Phi) is 3.74. The molecule has 0 amide bonds. The summed E-state index contributed by atoms with van der Waals surface area (Å²) in [6, 6.07) is 11.0. The lowest BCUT2D eigenvalue weighted by atomic mass is 10.2. The fourth-order valence-corrected chi connectivity index (χ4v) is 1.67. The first-order chi connectivity index (χ1) is 8.15. The number of halogens is 3. The lowest BCUT2D eigenvalue weighted by molar-refractivity contribution is 0.619. The molecular formula is C13H10BrF2N. The van der Waals surface area contributed by atoms with Gasteiger partial charge in [-0.15, -0.1) is 0 Å². The summed E-state index contributed by atoms with van der Waals surface area (Å²) in [6.45, 7) is 0.496. The Morgan fingerprint density at radius 1 is 1.00 bits per heavy atom. The van der Waals surface area contributed by atoms with Crippen molar-refractivity contribution in [2.24, 2.45) is 0 Å². The molecule has 0 fully saturated rings. The summed E-state index contributed by atoms with van der Waals surface area (Å²) in [7, 11) is 0. The molecule has 17 heavy (non-hydrogen) atoms. The van der Waals surface area contributed by atoms with E-state index in [-0.39, 0.29) is 11.6 Å². The van der Waals surface area contributed by atoms with Gasteiger partial charge in [0, 0.05) is 12.2 Å². The van der Waals surface area contributed by atoms with Gasteiger partial charge in [-0.25, -0.2) is 8.78 Å². The van der Waals surface area contributed by atoms with Gasteiger partial charge >= 0.3 is 0 Å².